The number of ether oxygens (including phenoxy) is 1. The molecule has 0 saturated carbocycles. The second-order valence-corrected chi connectivity index (χ2v) is 8.73. The van der Waals surface area contributed by atoms with Gasteiger partial charge in [-0.05, 0) is 42.3 Å². The minimum Gasteiger partial charge on any atom is -0.489 e. The Morgan fingerprint density at radius 3 is 2.84 bits per heavy atom. The number of benzene rings is 1. The van der Waals surface area contributed by atoms with E-state index in [1.165, 1.54) is 30.2 Å². The molecule has 1 N–H and O–H groups in total. The molecule has 2 aliphatic rings. The van der Waals surface area contributed by atoms with Crippen LogP contribution in [0.25, 0.3) is 16.9 Å². The highest BCUT2D eigenvalue weighted by Crippen LogP contribution is 2.40. The quantitative estimate of drug-likeness (QED) is 0.499. The highest BCUT2D eigenvalue weighted by molar-refractivity contribution is 5.84. The van der Waals surface area contributed by atoms with Gasteiger partial charge in [0.2, 0.25) is 0 Å². The first-order valence-corrected chi connectivity index (χ1v) is 11.2. The van der Waals surface area contributed by atoms with Crippen molar-refractivity contribution < 1.29 is 4.74 Å². The molecular formula is C26H25N4O2-. The zero-order valence-corrected chi connectivity index (χ0v) is 17.8. The molecule has 5 heterocycles. The van der Waals surface area contributed by atoms with Gasteiger partial charge in [-0.25, -0.2) is 0 Å². The first-order chi connectivity index (χ1) is 15.7. The fraction of sp³-hybridized carbons (Fsp3) is 0.269. The maximum absolute atomic E-state index is 12.8. The van der Waals surface area contributed by atoms with E-state index in [9.17, 15) is 4.79 Å². The summed E-state index contributed by atoms with van der Waals surface area (Å²) in [7, 11) is 4.29. The molecule has 6 rings (SSSR count). The van der Waals surface area contributed by atoms with E-state index in [-0.39, 0.29) is 5.56 Å². The standard InChI is InChI=1S/C26H25N4O2/c1-29-22-14-18-8-5-9-21(27-18)25(22)20-10-11-23(28-26(20)29)30-13-12-19(15-24(30)31)32-16-17-6-3-2-4-7-17/h2-4,6-7,10-13,15,18,21,27H,1,5,8-9,14,16H2/q-1. The molecule has 1 saturated heterocycles. The van der Waals surface area contributed by atoms with Crippen LogP contribution in [-0.4, -0.2) is 20.2 Å². The molecule has 2 bridgehead atoms. The maximum atomic E-state index is 12.8. The lowest BCUT2D eigenvalue weighted by Gasteiger charge is -2.39. The number of piperidine rings is 1. The summed E-state index contributed by atoms with van der Waals surface area (Å²) in [6.07, 6.45) is 6.32. The first kappa shape index (κ1) is 19.2. The molecule has 2 unspecified atom stereocenters. The fourth-order valence-corrected chi connectivity index (χ4v) is 5.15. The number of rotatable bonds is 4. The van der Waals surface area contributed by atoms with Crippen LogP contribution in [0.5, 0.6) is 5.75 Å². The van der Waals surface area contributed by atoms with Crippen molar-refractivity contribution in [2.75, 3.05) is 0 Å². The van der Waals surface area contributed by atoms with E-state index in [1.54, 1.807) is 16.8 Å². The molecule has 0 spiro atoms. The van der Waals surface area contributed by atoms with Crippen LogP contribution in [0, 0.1) is 7.05 Å². The summed E-state index contributed by atoms with van der Waals surface area (Å²) in [5.74, 6) is 1.14. The van der Waals surface area contributed by atoms with Crippen LogP contribution in [0.2, 0.25) is 0 Å². The number of fused-ring (bicyclic) bond motifs is 6. The number of nitrogens with zero attached hydrogens (tertiary/aromatic N) is 3. The third-order valence-electron chi connectivity index (χ3n) is 6.70. The Bertz CT molecular complexity index is 1360. The zero-order valence-electron chi connectivity index (χ0n) is 17.8. The molecule has 0 radical (unpaired) electrons. The molecule has 1 aromatic carbocycles. The van der Waals surface area contributed by atoms with Crippen molar-refractivity contribution in [3.63, 3.8) is 0 Å². The lowest BCUT2D eigenvalue weighted by molar-refractivity contribution is 0.300. The lowest BCUT2D eigenvalue weighted by Crippen LogP contribution is -2.42. The Morgan fingerprint density at radius 1 is 1.12 bits per heavy atom. The van der Waals surface area contributed by atoms with Crippen molar-refractivity contribution in [2.24, 2.45) is 0 Å². The largest absolute Gasteiger partial charge is 0.489 e. The Labute approximate surface area is 186 Å². The molecule has 1 fully saturated rings. The van der Waals surface area contributed by atoms with E-state index in [4.69, 9.17) is 9.72 Å². The highest BCUT2D eigenvalue weighted by atomic mass is 16.5. The predicted octanol–water partition coefficient (Wildman–Crippen LogP) is 4.15. The molecule has 6 nitrogen and oxygen atoms in total. The van der Waals surface area contributed by atoms with Crippen molar-refractivity contribution in [3.8, 4) is 11.6 Å². The van der Waals surface area contributed by atoms with Crippen molar-refractivity contribution in [3.05, 3.63) is 95.0 Å². The number of hydrogen-bond acceptors (Lipinski definition) is 4. The molecular weight excluding hydrogens is 400 g/mol. The van der Waals surface area contributed by atoms with Gasteiger partial charge in [-0.15, -0.1) is 7.05 Å². The van der Waals surface area contributed by atoms with Gasteiger partial charge in [0.05, 0.1) is 0 Å². The van der Waals surface area contributed by atoms with Crippen LogP contribution in [0.15, 0.2) is 65.6 Å². The Kier molecular flexibility index (Phi) is 4.54. The molecule has 6 heteroatoms. The van der Waals surface area contributed by atoms with Gasteiger partial charge in [-0.1, -0.05) is 54.1 Å². The molecule has 2 atom stereocenters. The van der Waals surface area contributed by atoms with Crippen molar-refractivity contribution in [1.82, 2.24) is 19.4 Å². The average Bonchev–Trinajstić information content (AvgIpc) is 3.10. The van der Waals surface area contributed by atoms with E-state index < -0.39 is 0 Å². The maximum Gasteiger partial charge on any atom is 0.259 e. The van der Waals surface area contributed by atoms with E-state index in [2.05, 4.69) is 18.4 Å². The van der Waals surface area contributed by atoms with Gasteiger partial charge in [-0.2, -0.15) is 0 Å². The lowest BCUT2D eigenvalue weighted by atomic mass is 9.84. The highest BCUT2D eigenvalue weighted by Gasteiger charge is 2.30. The third kappa shape index (κ3) is 3.19. The minimum absolute atomic E-state index is 0.174. The smallest absolute Gasteiger partial charge is 0.259 e. The van der Waals surface area contributed by atoms with E-state index >= 15 is 0 Å². The SMILES string of the molecule is [CH2-]n1c2c(c3ccc(-n4ccc(OCc5ccccc5)cc4=O)nc31)C1CCCC(C2)N1. The van der Waals surface area contributed by atoms with E-state index in [1.807, 2.05) is 41.0 Å². The zero-order chi connectivity index (χ0) is 21.7. The number of nitrogens with one attached hydrogen (secondary N) is 1. The monoisotopic (exact) mass is 425 g/mol. The van der Waals surface area contributed by atoms with E-state index in [0.29, 0.717) is 30.3 Å². The molecule has 4 aromatic rings. The molecule has 162 valence electrons. The number of aromatic nitrogens is 3. The average molecular weight is 426 g/mol. The Morgan fingerprint density at radius 2 is 2.00 bits per heavy atom. The fourth-order valence-electron chi connectivity index (χ4n) is 5.15. The third-order valence-corrected chi connectivity index (χ3v) is 6.70. The second-order valence-electron chi connectivity index (χ2n) is 8.73. The summed E-state index contributed by atoms with van der Waals surface area (Å²) < 4.78 is 9.32. The molecule has 32 heavy (non-hydrogen) atoms. The van der Waals surface area contributed by atoms with Gasteiger partial charge in [0.15, 0.2) is 0 Å². The Balaban J connectivity index is 1.32. The minimum atomic E-state index is -0.174. The summed E-state index contributed by atoms with van der Waals surface area (Å²) in [4.78, 5) is 17.7. The van der Waals surface area contributed by atoms with Crippen LogP contribution >= 0.6 is 0 Å². The van der Waals surface area contributed by atoms with Crippen LogP contribution < -0.4 is 15.6 Å². The Hall–Kier alpha value is -3.51. The van der Waals surface area contributed by atoms with Crippen molar-refractivity contribution in [1.29, 1.82) is 0 Å². The normalized spacial score (nSPS) is 19.6. The molecule has 0 amide bonds. The molecule has 3 aromatic heterocycles. The topological polar surface area (TPSA) is 61.1 Å². The first-order valence-electron chi connectivity index (χ1n) is 11.2. The molecule has 2 aliphatic heterocycles. The van der Waals surface area contributed by atoms with E-state index in [0.717, 1.165) is 29.4 Å². The van der Waals surface area contributed by atoms with Crippen LogP contribution in [0.4, 0.5) is 0 Å². The number of pyridine rings is 2. The summed E-state index contributed by atoms with van der Waals surface area (Å²) in [5, 5.41) is 4.89. The van der Waals surface area contributed by atoms with Gasteiger partial charge in [0, 0.05) is 30.0 Å². The summed E-state index contributed by atoms with van der Waals surface area (Å²) in [6, 6.07) is 18.1. The predicted molar refractivity (Wildman–Crippen MR) is 124 cm³/mol. The summed E-state index contributed by atoms with van der Waals surface area (Å²) in [6.45, 7) is 0.422. The van der Waals surface area contributed by atoms with Gasteiger partial charge in [0.25, 0.3) is 5.56 Å². The number of hydrogen-bond donors (Lipinski definition) is 1. The van der Waals surface area contributed by atoms with Crippen molar-refractivity contribution >= 4 is 11.0 Å². The van der Waals surface area contributed by atoms with Gasteiger partial charge in [-0.3, -0.25) is 14.3 Å². The summed E-state index contributed by atoms with van der Waals surface area (Å²) in [5.41, 5.74) is 4.32. The van der Waals surface area contributed by atoms with Gasteiger partial charge >= 0.3 is 0 Å². The summed E-state index contributed by atoms with van der Waals surface area (Å²) >= 11 is 0. The second kappa shape index (κ2) is 7.57. The van der Waals surface area contributed by atoms with Gasteiger partial charge in [0.1, 0.15) is 18.2 Å². The van der Waals surface area contributed by atoms with Gasteiger partial charge < -0.3 is 14.6 Å². The van der Waals surface area contributed by atoms with Crippen LogP contribution in [-0.2, 0) is 13.0 Å². The molecule has 0 aliphatic carbocycles. The van der Waals surface area contributed by atoms with Crippen LogP contribution in [0.3, 0.4) is 0 Å². The van der Waals surface area contributed by atoms with Crippen LogP contribution in [0.1, 0.15) is 42.1 Å². The van der Waals surface area contributed by atoms with Crippen molar-refractivity contribution in [2.45, 2.75) is 44.4 Å².